The van der Waals surface area contributed by atoms with Crippen molar-refractivity contribution in [3.8, 4) is 0 Å². The monoisotopic (exact) mass is 326 g/mol. The van der Waals surface area contributed by atoms with Crippen LogP contribution in [-0.2, 0) is 10.0 Å². The molecule has 0 radical (unpaired) electrons. The summed E-state index contributed by atoms with van der Waals surface area (Å²) in [6.45, 7) is 3.46. The SMILES string of the molecule is CCC(C)(CCO)NS(=O)(=O)c1cnc(Cl)c(Cl)c1. The van der Waals surface area contributed by atoms with Gasteiger partial charge < -0.3 is 5.11 Å². The average molecular weight is 327 g/mol. The minimum atomic E-state index is -3.76. The number of hydrogen-bond donors (Lipinski definition) is 2. The standard InChI is InChI=1S/C11H16Cl2N2O3S/c1-3-11(2,4-5-16)15-19(17,18)8-6-9(12)10(13)14-7-8/h6-7,15-16H,3-5H2,1-2H3. The first-order valence-corrected chi connectivity index (χ1v) is 7.94. The summed E-state index contributed by atoms with van der Waals surface area (Å²) < 4.78 is 27.0. The Bertz CT molecular complexity index is 551. The first-order chi connectivity index (χ1) is 8.74. The molecule has 108 valence electrons. The van der Waals surface area contributed by atoms with Crippen LogP contribution in [0, 0.1) is 0 Å². The quantitative estimate of drug-likeness (QED) is 0.785. The van der Waals surface area contributed by atoms with Gasteiger partial charge in [-0.3, -0.25) is 0 Å². The van der Waals surface area contributed by atoms with Gasteiger partial charge in [-0.2, -0.15) is 0 Å². The van der Waals surface area contributed by atoms with E-state index in [9.17, 15) is 8.42 Å². The minimum Gasteiger partial charge on any atom is -0.396 e. The van der Waals surface area contributed by atoms with Crippen LogP contribution in [0.2, 0.25) is 10.2 Å². The van der Waals surface area contributed by atoms with Crippen LogP contribution < -0.4 is 4.72 Å². The van der Waals surface area contributed by atoms with E-state index in [1.165, 1.54) is 6.07 Å². The van der Waals surface area contributed by atoms with Crippen molar-refractivity contribution >= 4 is 33.2 Å². The minimum absolute atomic E-state index is 0.0502. The van der Waals surface area contributed by atoms with Gasteiger partial charge in [0.1, 0.15) is 10.0 Å². The molecule has 8 heteroatoms. The summed E-state index contributed by atoms with van der Waals surface area (Å²) in [5, 5.41) is 9.12. The van der Waals surface area contributed by atoms with Crippen LogP contribution in [0.15, 0.2) is 17.2 Å². The average Bonchev–Trinajstić information content (AvgIpc) is 2.32. The van der Waals surface area contributed by atoms with E-state index >= 15 is 0 Å². The second kappa shape index (κ2) is 6.37. The number of rotatable bonds is 6. The van der Waals surface area contributed by atoms with Crippen molar-refractivity contribution in [3.05, 3.63) is 22.4 Å². The molecular weight excluding hydrogens is 311 g/mol. The van der Waals surface area contributed by atoms with Crippen LogP contribution in [0.3, 0.4) is 0 Å². The zero-order chi connectivity index (χ0) is 14.7. The highest BCUT2D eigenvalue weighted by atomic mass is 35.5. The highest BCUT2D eigenvalue weighted by molar-refractivity contribution is 7.89. The number of halogens is 2. The summed E-state index contributed by atoms with van der Waals surface area (Å²) in [4.78, 5) is 3.66. The van der Waals surface area contributed by atoms with E-state index in [4.69, 9.17) is 28.3 Å². The number of hydrogen-bond acceptors (Lipinski definition) is 4. The summed E-state index contributed by atoms with van der Waals surface area (Å²) in [7, 11) is -3.76. The largest absolute Gasteiger partial charge is 0.396 e. The molecule has 1 rings (SSSR count). The van der Waals surface area contributed by atoms with Gasteiger partial charge in [0.05, 0.1) is 5.02 Å². The molecule has 5 nitrogen and oxygen atoms in total. The lowest BCUT2D eigenvalue weighted by Crippen LogP contribution is -2.46. The van der Waals surface area contributed by atoms with Gasteiger partial charge in [0, 0.05) is 18.3 Å². The van der Waals surface area contributed by atoms with Crippen LogP contribution >= 0.6 is 23.2 Å². The smallest absolute Gasteiger partial charge is 0.242 e. The molecule has 1 aromatic rings. The molecule has 1 aromatic heterocycles. The molecule has 0 bridgehead atoms. The second-order valence-electron chi connectivity index (χ2n) is 4.44. The third kappa shape index (κ3) is 4.29. The zero-order valence-corrected chi connectivity index (χ0v) is 13.0. The molecule has 0 aliphatic heterocycles. The Morgan fingerprint density at radius 2 is 2.11 bits per heavy atom. The van der Waals surface area contributed by atoms with E-state index in [-0.39, 0.29) is 21.7 Å². The molecule has 2 N–H and O–H groups in total. The Hall–Kier alpha value is -0.400. The molecular formula is C11H16Cl2N2O3S. The lowest BCUT2D eigenvalue weighted by Gasteiger charge is -2.28. The lowest BCUT2D eigenvalue weighted by molar-refractivity contribution is 0.233. The van der Waals surface area contributed by atoms with E-state index in [0.29, 0.717) is 12.8 Å². The Morgan fingerprint density at radius 1 is 1.47 bits per heavy atom. The maximum atomic E-state index is 12.2. The highest BCUT2D eigenvalue weighted by Gasteiger charge is 2.29. The molecule has 1 unspecified atom stereocenters. The summed E-state index contributed by atoms with van der Waals surface area (Å²) in [6.07, 6.45) is 2.00. The van der Waals surface area contributed by atoms with Crippen LogP contribution in [0.4, 0.5) is 0 Å². The lowest BCUT2D eigenvalue weighted by atomic mass is 9.97. The van der Waals surface area contributed by atoms with Gasteiger partial charge in [0.25, 0.3) is 0 Å². The molecule has 19 heavy (non-hydrogen) atoms. The molecule has 0 fully saturated rings. The Balaban J connectivity index is 3.07. The molecule has 1 heterocycles. The number of aliphatic hydroxyl groups is 1. The van der Waals surface area contributed by atoms with E-state index in [0.717, 1.165) is 6.20 Å². The van der Waals surface area contributed by atoms with Crippen molar-refractivity contribution in [1.29, 1.82) is 0 Å². The summed E-state index contributed by atoms with van der Waals surface area (Å²) in [5.74, 6) is 0. The fourth-order valence-electron chi connectivity index (χ4n) is 1.48. The molecule has 0 saturated carbocycles. The van der Waals surface area contributed by atoms with Crippen LogP contribution in [-0.4, -0.2) is 30.7 Å². The van der Waals surface area contributed by atoms with Gasteiger partial charge in [0.2, 0.25) is 10.0 Å². The molecule has 1 atom stereocenters. The van der Waals surface area contributed by atoms with E-state index < -0.39 is 15.6 Å². The number of nitrogens with one attached hydrogen (secondary N) is 1. The topological polar surface area (TPSA) is 79.3 Å². The van der Waals surface area contributed by atoms with Crippen molar-refractivity contribution in [3.63, 3.8) is 0 Å². The molecule has 0 amide bonds. The molecule has 0 aliphatic rings. The van der Waals surface area contributed by atoms with Crippen molar-refractivity contribution in [2.24, 2.45) is 0 Å². The van der Waals surface area contributed by atoms with Gasteiger partial charge >= 0.3 is 0 Å². The fraction of sp³-hybridized carbons (Fsp3) is 0.545. The van der Waals surface area contributed by atoms with E-state index in [1.54, 1.807) is 6.92 Å². The Labute approximate surface area is 123 Å². The van der Waals surface area contributed by atoms with Gasteiger partial charge in [-0.25, -0.2) is 18.1 Å². The molecule has 0 saturated heterocycles. The van der Waals surface area contributed by atoms with Crippen LogP contribution in [0.5, 0.6) is 0 Å². The summed E-state index contributed by atoms with van der Waals surface area (Å²) in [6, 6.07) is 1.24. The maximum absolute atomic E-state index is 12.2. The highest BCUT2D eigenvalue weighted by Crippen LogP contribution is 2.24. The summed E-state index contributed by atoms with van der Waals surface area (Å²) in [5.41, 5.74) is -0.723. The number of aromatic nitrogens is 1. The number of sulfonamides is 1. The van der Waals surface area contributed by atoms with Gasteiger partial charge in [0.15, 0.2) is 0 Å². The second-order valence-corrected chi connectivity index (χ2v) is 6.88. The third-order valence-electron chi connectivity index (χ3n) is 2.91. The number of aliphatic hydroxyl groups excluding tert-OH is 1. The number of nitrogens with zero attached hydrogens (tertiary/aromatic N) is 1. The van der Waals surface area contributed by atoms with Crippen molar-refractivity contribution in [2.75, 3.05) is 6.61 Å². The fourth-order valence-corrected chi connectivity index (χ4v) is 3.29. The predicted molar refractivity (Wildman–Crippen MR) is 75.0 cm³/mol. The maximum Gasteiger partial charge on any atom is 0.242 e. The van der Waals surface area contributed by atoms with Crippen LogP contribution in [0.1, 0.15) is 26.7 Å². The van der Waals surface area contributed by atoms with Gasteiger partial charge in [-0.1, -0.05) is 30.1 Å². The molecule has 0 spiro atoms. The molecule has 0 aromatic carbocycles. The van der Waals surface area contributed by atoms with E-state index in [2.05, 4.69) is 9.71 Å². The first-order valence-electron chi connectivity index (χ1n) is 5.70. The van der Waals surface area contributed by atoms with Gasteiger partial charge in [-0.05, 0) is 25.8 Å². The van der Waals surface area contributed by atoms with E-state index in [1.807, 2.05) is 6.92 Å². The predicted octanol–water partition coefficient (Wildman–Crippen LogP) is 2.22. The number of pyridine rings is 1. The molecule has 0 aliphatic carbocycles. The van der Waals surface area contributed by atoms with Gasteiger partial charge in [-0.15, -0.1) is 0 Å². The summed E-state index contributed by atoms with van der Waals surface area (Å²) >= 11 is 11.4. The third-order valence-corrected chi connectivity index (χ3v) is 5.20. The zero-order valence-electron chi connectivity index (χ0n) is 10.7. The van der Waals surface area contributed by atoms with Crippen molar-refractivity contribution in [2.45, 2.75) is 37.1 Å². The normalized spacial score (nSPS) is 15.2. The van der Waals surface area contributed by atoms with Crippen molar-refractivity contribution in [1.82, 2.24) is 9.71 Å². The first kappa shape index (κ1) is 16.7. The van der Waals surface area contributed by atoms with Crippen LogP contribution in [0.25, 0.3) is 0 Å². The Morgan fingerprint density at radius 3 is 2.58 bits per heavy atom. The van der Waals surface area contributed by atoms with Crippen molar-refractivity contribution < 1.29 is 13.5 Å². The Kier molecular flexibility index (Phi) is 5.58.